The Kier molecular flexibility index (Phi) is 6.94. The summed E-state index contributed by atoms with van der Waals surface area (Å²) in [6, 6.07) is 8.42. The van der Waals surface area contributed by atoms with Crippen molar-refractivity contribution in [2.75, 3.05) is 14.1 Å². The first-order valence-electron chi connectivity index (χ1n) is 7.75. The molecule has 0 aliphatic heterocycles. The van der Waals surface area contributed by atoms with Gasteiger partial charge in [0.1, 0.15) is 5.15 Å². The van der Waals surface area contributed by atoms with E-state index in [0.717, 1.165) is 11.3 Å². The van der Waals surface area contributed by atoms with E-state index in [1.807, 2.05) is 7.05 Å². The molecular weight excluding hydrogens is 397 g/mol. The smallest absolute Gasteiger partial charge is 0.240 e. The van der Waals surface area contributed by atoms with Gasteiger partial charge in [0, 0.05) is 26.3 Å². The Morgan fingerprint density at radius 1 is 1.15 bits per heavy atom. The molecule has 2 rings (SSSR count). The molecule has 0 unspecified atom stereocenters. The third-order valence-electron chi connectivity index (χ3n) is 3.84. The van der Waals surface area contributed by atoms with Gasteiger partial charge in [-0.3, -0.25) is 4.99 Å². The molecule has 0 amide bonds. The van der Waals surface area contributed by atoms with Crippen molar-refractivity contribution >= 4 is 39.2 Å². The van der Waals surface area contributed by atoms with Gasteiger partial charge >= 0.3 is 0 Å². The zero-order valence-electron chi connectivity index (χ0n) is 14.7. The average Bonchev–Trinajstić information content (AvgIpc) is 2.89. The molecule has 10 heteroatoms. The summed E-state index contributed by atoms with van der Waals surface area (Å²) in [5, 5.41) is 7.34. The van der Waals surface area contributed by atoms with Crippen LogP contribution in [0, 0.1) is 0 Å². The predicted octanol–water partition coefficient (Wildman–Crippen LogP) is 2.11. The molecule has 0 saturated carbocycles. The van der Waals surface area contributed by atoms with Crippen molar-refractivity contribution in [2.45, 2.75) is 18.0 Å². The van der Waals surface area contributed by atoms with Crippen molar-refractivity contribution in [3.63, 3.8) is 0 Å². The number of aromatic nitrogens is 1. The van der Waals surface area contributed by atoms with Gasteiger partial charge in [-0.15, -0.1) is 0 Å². The van der Waals surface area contributed by atoms with Gasteiger partial charge in [-0.2, -0.15) is 0 Å². The van der Waals surface area contributed by atoms with Crippen molar-refractivity contribution in [2.24, 2.45) is 12.0 Å². The van der Waals surface area contributed by atoms with Crippen molar-refractivity contribution in [1.82, 2.24) is 19.9 Å². The summed E-state index contributed by atoms with van der Waals surface area (Å²) in [4.78, 5) is 4.39. The first kappa shape index (κ1) is 20.6. The minimum absolute atomic E-state index is 0.226. The van der Waals surface area contributed by atoms with Gasteiger partial charge in [0.15, 0.2) is 5.96 Å². The lowest BCUT2D eigenvalue weighted by atomic mass is 10.2. The van der Waals surface area contributed by atoms with Crippen LogP contribution in [0.15, 0.2) is 40.2 Å². The molecule has 1 aromatic carbocycles. The van der Waals surface area contributed by atoms with E-state index in [2.05, 4.69) is 20.3 Å². The van der Waals surface area contributed by atoms with E-state index < -0.39 is 10.0 Å². The van der Waals surface area contributed by atoms with Crippen molar-refractivity contribution in [3.05, 3.63) is 51.8 Å². The topological polar surface area (TPSA) is 87.5 Å². The molecule has 0 aliphatic carbocycles. The molecule has 0 bridgehead atoms. The quantitative estimate of drug-likeness (QED) is 0.495. The number of halogens is 2. The molecule has 0 aliphatic rings. The highest BCUT2D eigenvalue weighted by Gasteiger charge is 2.11. The SMILES string of the molecule is CN=C(NCc1ccc(S(=O)(=O)NC)cc1)NCc1cc(Cl)c(Cl)n1C. The van der Waals surface area contributed by atoms with Gasteiger partial charge in [-0.25, -0.2) is 13.1 Å². The molecule has 1 aromatic heterocycles. The van der Waals surface area contributed by atoms with Gasteiger partial charge in [-0.1, -0.05) is 35.3 Å². The number of guanidine groups is 1. The molecule has 3 N–H and O–H groups in total. The number of benzene rings is 1. The number of nitrogens with zero attached hydrogens (tertiary/aromatic N) is 2. The zero-order chi connectivity index (χ0) is 19.3. The van der Waals surface area contributed by atoms with E-state index in [1.54, 1.807) is 41.9 Å². The Morgan fingerprint density at radius 3 is 2.27 bits per heavy atom. The summed E-state index contributed by atoms with van der Waals surface area (Å²) in [5.74, 6) is 0.602. The molecule has 1 heterocycles. The largest absolute Gasteiger partial charge is 0.352 e. The third-order valence-corrected chi connectivity index (χ3v) is 6.11. The summed E-state index contributed by atoms with van der Waals surface area (Å²) in [6.07, 6.45) is 0. The molecule has 0 radical (unpaired) electrons. The monoisotopic (exact) mass is 417 g/mol. The highest BCUT2D eigenvalue weighted by atomic mass is 35.5. The van der Waals surface area contributed by atoms with Crippen LogP contribution >= 0.6 is 23.2 Å². The highest BCUT2D eigenvalue weighted by Crippen LogP contribution is 2.24. The first-order valence-corrected chi connectivity index (χ1v) is 9.99. The maximum absolute atomic E-state index is 11.7. The molecule has 26 heavy (non-hydrogen) atoms. The number of nitrogens with one attached hydrogen (secondary N) is 3. The lowest BCUT2D eigenvalue weighted by Crippen LogP contribution is -2.36. The van der Waals surface area contributed by atoms with Crippen molar-refractivity contribution < 1.29 is 8.42 Å². The summed E-state index contributed by atoms with van der Waals surface area (Å²) < 4.78 is 27.5. The summed E-state index contributed by atoms with van der Waals surface area (Å²) in [7, 11) is 1.46. The normalized spacial score (nSPS) is 12.3. The van der Waals surface area contributed by atoms with Crippen LogP contribution in [-0.4, -0.2) is 33.0 Å². The number of aliphatic imine (C=N–C) groups is 1. The molecule has 0 atom stereocenters. The van der Waals surface area contributed by atoms with Crippen LogP contribution in [0.2, 0.25) is 10.2 Å². The maximum Gasteiger partial charge on any atom is 0.240 e. The Labute approximate surface area is 163 Å². The van der Waals surface area contributed by atoms with Gasteiger partial charge < -0.3 is 15.2 Å². The average molecular weight is 418 g/mol. The number of rotatable bonds is 6. The van der Waals surface area contributed by atoms with E-state index in [9.17, 15) is 8.42 Å². The third kappa shape index (κ3) is 4.91. The van der Waals surface area contributed by atoms with Crippen LogP contribution in [0.1, 0.15) is 11.3 Å². The zero-order valence-corrected chi connectivity index (χ0v) is 17.0. The first-order chi connectivity index (χ1) is 12.3. The Hall–Kier alpha value is -1.74. The van der Waals surface area contributed by atoms with Crippen LogP contribution in [-0.2, 0) is 30.2 Å². The molecule has 0 fully saturated rings. The van der Waals surface area contributed by atoms with Gasteiger partial charge in [-0.05, 0) is 30.8 Å². The second-order valence-electron chi connectivity index (χ2n) is 5.46. The van der Waals surface area contributed by atoms with Crippen molar-refractivity contribution in [1.29, 1.82) is 0 Å². The highest BCUT2D eigenvalue weighted by molar-refractivity contribution is 7.89. The van der Waals surface area contributed by atoms with E-state index in [-0.39, 0.29) is 4.90 Å². The molecular formula is C16H21Cl2N5O2S. The van der Waals surface area contributed by atoms with E-state index in [0.29, 0.717) is 29.2 Å². The Balaban J connectivity index is 1.93. The molecule has 7 nitrogen and oxygen atoms in total. The van der Waals surface area contributed by atoms with Gasteiger partial charge in [0.25, 0.3) is 0 Å². The summed E-state index contributed by atoms with van der Waals surface area (Å²) >= 11 is 12.1. The Morgan fingerprint density at radius 2 is 1.77 bits per heavy atom. The maximum atomic E-state index is 11.7. The molecule has 0 spiro atoms. The fourth-order valence-electron chi connectivity index (χ4n) is 2.24. The second-order valence-corrected chi connectivity index (χ2v) is 8.12. The van der Waals surface area contributed by atoms with Gasteiger partial charge in [0.05, 0.1) is 16.5 Å². The number of hydrogen-bond acceptors (Lipinski definition) is 3. The fourth-order valence-corrected chi connectivity index (χ4v) is 3.39. The standard InChI is InChI=1S/C16H21Cl2N5O2S/c1-19-16(22-10-12-8-14(17)15(18)23(12)3)21-9-11-4-6-13(7-5-11)26(24,25)20-2/h4-8,20H,9-10H2,1-3H3,(H2,19,21,22). The molecule has 2 aromatic rings. The fraction of sp³-hybridized carbons (Fsp3) is 0.312. The Bertz CT molecular complexity index is 892. The molecule has 142 valence electrons. The van der Waals surface area contributed by atoms with Crippen LogP contribution in [0.25, 0.3) is 0 Å². The van der Waals surface area contributed by atoms with Crippen LogP contribution in [0.5, 0.6) is 0 Å². The molecule has 0 saturated heterocycles. The second kappa shape index (κ2) is 8.77. The summed E-state index contributed by atoms with van der Waals surface area (Å²) in [6.45, 7) is 0.996. The number of hydrogen-bond donors (Lipinski definition) is 3. The lowest BCUT2D eigenvalue weighted by Gasteiger charge is -2.13. The lowest BCUT2D eigenvalue weighted by molar-refractivity contribution is 0.588. The van der Waals surface area contributed by atoms with E-state index in [4.69, 9.17) is 23.2 Å². The van der Waals surface area contributed by atoms with Crippen LogP contribution in [0.4, 0.5) is 0 Å². The minimum atomic E-state index is -3.43. The minimum Gasteiger partial charge on any atom is -0.352 e. The van der Waals surface area contributed by atoms with Crippen LogP contribution in [0.3, 0.4) is 0 Å². The number of sulfonamides is 1. The van der Waals surface area contributed by atoms with E-state index in [1.165, 1.54) is 7.05 Å². The van der Waals surface area contributed by atoms with Gasteiger partial charge in [0.2, 0.25) is 10.0 Å². The van der Waals surface area contributed by atoms with Crippen molar-refractivity contribution in [3.8, 4) is 0 Å². The van der Waals surface area contributed by atoms with Crippen LogP contribution < -0.4 is 15.4 Å². The summed E-state index contributed by atoms with van der Waals surface area (Å²) in [5.41, 5.74) is 1.84. The predicted molar refractivity (Wildman–Crippen MR) is 105 cm³/mol. The van der Waals surface area contributed by atoms with E-state index >= 15 is 0 Å².